The molecule has 0 amide bonds. The molecule has 0 spiro atoms. The lowest BCUT2D eigenvalue weighted by atomic mass is 9.88. The van der Waals surface area contributed by atoms with Crippen LogP contribution in [0.1, 0.15) is 22.3 Å². The molecule has 2 aliphatic rings. The number of aromatic nitrogens is 3. The van der Waals surface area contributed by atoms with Crippen LogP contribution in [0, 0.1) is 0 Å². The van der Waals surface area contributed by atoms with Crippen LogP contribution in [-0.2, 0) is 12.8 Å². The molecule has 0 radical (unpaired) electrons. The largest absolute Gasteiger partial charge is 0.290 e. The van der Waals surface area contributed by atoms with Gasteiger partial charge in [-0.2, -0.15) is 0 Å². The van der Waals surface area contributed by atoms with Crippen LogP contribution in [-0.4, -0.2) is 14.4 Å². The molecule has 3 heterocycles. The molecule has 4 aromatic carbocycles. The highest BCUT2D eigenvalue weighted by molar-refractivity contribution is 6.23. The lowest BCUT2D eigenvalue weighted by Gasteiger charge is -2.18. The smallest absolute Gasteiger partial charge is 0.147 e. The number of imidazole rings is 1. The third kappa shape index (κ3) is 2.08. The molecule has 7 aromatic rings. The van der Waals surface area contributed by atoms with Crippen LogP contribution in [0.2, 0.25) is 0 Å². The van der Waals surface area contributed by atoms with E-state index in [4.69, 9.17) is 4.98 Å². The highest BCUT2D eigenvalue weighted by atomic mass is 15.0. The van der Waals surface area contributed by atoms with Crippen LogP contribution in [0.25, 0.3) is 60.6 Å². The highest BCUT2D eigenvalue weighted by Gasteiger charge is 2.33. The first-order chi connectivity index (χ1) is 17.4. The molecule has 0 saturated carbocycles. The van der Waals surface area contributed by atoms with Crippen molar-refractivity contribution in [1.29, 1.82) is 0 Å². The molecule has 9 rings (SSSR count). The Morgan fingerprint density at radius 3 is 2.20 bits per heavy atom. The second-order valence-corrected chi connectivity index (χ2v) is 9.78. The van der Waals surface area contributed by atoms with Crippen LogP contribution in [0.4, 0.5) is 0 Å². The van der Waals surface area contributed by atoms with Gasteiger partial charge in [0.25, 0.3) is 0 Å². The van der Waals surface area contributed by atoms with Crippen LogP contribution in [0.15, 0.2) is 91.3 Å². The van der Waals surface area contributed by atoms with Crippen molar-refractivity contribution in [3.8, 4) is 22.3 Å². The number of rotatable bonds is 0. The quantitative estimate of drug-likeness (QED) is 0.229. The molecule has 162 valence electrons. The summed E-state index contributed by atoms with van der Waals surface area (Å²) in [4.78, 5) is 9.80. The van der Waals surface area contributed by atoms with Gasteiger partial charge in [-0.15, -0.1) is 0 Å². The molecule has 0 atom stereocenters. The Kier molecular flexibility index (Phi) is 3.14. The highest BCUT2D eigenvalue weighted by Crippen LogP contribution is 2.54. The third-order valence-corrected chi connectivity index (χ3v) is 8.11. The van der Waals surface area contributed by atoms with E-state index >= 15 is 0 Å². The molecule has 0 N–H and O–H groups in total. The molecular formula is C32H19N3. The van der Waals surface area contributed by atoms with E-state index < -0.39 is 0 Å². The second kappa shape index (κ2) is 6.13. The molecule has 0 bridgehead atoms. The van der Waals surface area contributed by atoms with Crippen LogP contribution >= 0.6 is 0 Å². The maximum atomic E-state index is 5.25. The first kappa shape index (κ1) is 17.9. The van der Waals surface area contributed by atoms with E-state index in [2.05, 4.69) is 88.2 Å². The van der Waals surface area contributed by atoms with E-state index in [1.807, 2.05) is 12.4 Å². The summed E-state index contributed by atoms with van der Waals surface area (Å²) in [6.45, 7) is 0. The van der Waals surface area contributed by atoms with E-state index in [1.54, 1.807) is 0 Å². The SMILES string of the molecule is c1ccc2c(c1)Cc1c-2c2c(c3c1c1ccncc1n1c4ccccc4nc31)-c1ccccc1C2. The fourth-order valence-electron chi connectivity index (χ4n) is 6.79. The van der Waals surface area contributed by atoms with Gasteiger partial charge in [0.2, 0.25) is 0 Å². The Bertz CT molecular complexity index is 2060. The van der Waals surface area contributed by atoms with E-state index in [1.165, 1.54) is 60.7 Å². The summed E-state index contributed by atoms with van der Waals surface area (Å²) >= 11 is 0. The zero-order valence-corrected chi connectivity index (χ0v) is 18.9. The van der Waals surface area contributed by atoms with Gasteiger partial charge in [0.15, 0.2) is 0 Å². The Morgan fingerprint density at radius 1 is 0.629 bits per heavy atom. The summed E-state index contributed by atoms with van der Waals surface area (Å²) in [5.74, 6) is 0. The number of fused-ring (bicyclic) bond motifs is 17. The normalized spacial score (nSPS) is 13.5. The molecule has 35 heavy (non-hydrogen) atoms. The van der Waals surface area contributed by atoms with E-state index in [0.29, 0.717) is 0 Å². The maximum absolute atomic E-state index is 5.25. The average molecular weight is 446 g/mol. The van der Waals surface area contributed by atoms with Crippen molar-refractivity contribution in [3.05, 3.63) is 114 Å². The number of hydrogen-bond acceptors (Lipinski definition) is 2. The number of para-hydroxylation sites is 2. The first-order valence-corrected chi connectivity index (χ1v) is 12.2. The standard InChI is InChI=1S/C32H19N3/c1-3-9-20-18(7-1)15-24-28(20)23-16-19-8-2-4-10-21(19)29(23)31-30(24)22-13-14-33-17-27(22)35-26-12-6-5-11-25(26)34-32(31)35/h1-14,17H,15-16H2. The van der Waals surface area contributed by atoms with Gasteiger partial charge in [0.05, 0.1) is 22.7 Å². The Balaban J connectivity index is 1.64. The molecule has 3 nitrogen and oxygen atoms in total. The number of pyridine rings is 2. The molecule has 0 aliphatic heterocycles. The van der Waals surface area contributed by atoms with Crippen molar-refractivity contribution in [2.45, 2.75) is 12.8 Å². The van der Waals surface area contributed by atoms with Gasteiger partial charge in [-0.3, -0.25) is 9.38 Å². The third-order valence-electron chi connectivity index (χ3n) is 8.11. The molecule has 0 unspecified atom stereocenters. The molecule has 3 aromatic heterocycles. The van der Waals surface area contributed by atoms with E-state index in [9.17, 15) is 0 Å². The fraction of sp³-hybridized carbons (Fsp3) is 0.0625. The fourth-order valence-corrected chi connectivity index (χ4v) is 6.79. The zero-order chi connectivity index (χ0) is 22.7. The molecule has 0 saturated heterocycles. The van der Waals surface area contributed by atoms with Gasteiger partial charge >= 0.3 is 0 Å². The van der Waals surface area contributed by atoms with Gasteiger partial charge in [-0.05, 0) is 80.9 Å². The van der Waals surface area contributed by atoms with Gasteiger partial charge in [-0.25, -0.2) is 4.98 Å². The Hall–Kier alpha value is -4.50. The minimum Gasteiger partial charge on any atom is -0.290 e. The number of nitrogens with zero attached hydrogens (tertiary/aromatic N) is 3. The summed E-state index contributed by atoms with van der Waals surface area (Å²) in [6, 6.07) is 28.5. The van der Waals surface area contributed by atoms with E-state index in [0.717, 1.165) is 35.0 Å². The van der Waals surface area contributed by atoms with Crippen LogP contribution < -0.4 is 0 Å². The molecular weight excluding hydrogens is 426 g/mol. The summed E-state index contributed by atoms with van der Waals surface area (Å²) < 4.78 is 2.33. The minimum atomic E-state index is 0.958. The van der Waals surface area contributed by atoms with Crippen molar-refractivity contribution in [3.63, 3.8) is 0 Å². The summed E-state index contributed by atoms with van der Waals surface area (Å²) in [6.07, 6.45) is 5.87. The van der Waals surface area contributed by atoms with Gasteiger partial charge < -0.3 is 0 Å². The van der Waals surface area contributed by atoms with Crippen molar-refractivity contribution in [2.75, 3.05) is 0 Å². The Morgan fingerprint density at radius 2 is 1.34 bits per heavy atom. The summed E-state index contributed by atoms with van der Waals surface area (Å²) in [5, 5.41) is 3.88. The van der Waals surface area contributed by atoms with Crippen molar-refractivity contribution in [1.82, 2.24) is 14.4 Å². The zero-order valence-electron chi connectivity index (χ0n) is 18.9. The average Bonchev–Trinajstić information content (AvgIpc) is 3.59. The van der Waals surface area contributed by atoms with Gasteiger partial charge in [0, 0.05) is 17.0 Å². The predicted molar refractivity (Wildman–Crippen MR) is 142 cm³/mol. The summed E-state index contributed by atoms with van der Waals surface area (Å²) in [5.41, 5.74) is 15.6. The molecule has 3 heteroatoms. The Labute approximate surface area is 201 Å². The van der Waals surface area contributed by atoms with Crippen molar-refractivity contribution < 1.29 is 0 Å². The van der Waals surface area contributed by atoms with Crippen LogP contribution in [0.3, 0.4) is 0 Å². The summed E-state index contributed by atoms with van der Waals surface area (Å²) in [7, 11) is 0. The molecule has 2 aliphatic carbocycles. The first-order valence-electron chi connectivity index (χ1n) is 12.2. The predicted octanol–water partition coefficient (Wildman–Crippen LogP) is 7.33. The topological polar surface area (TPSA) is 30.2 Å². The van der Waals surface area contributed by atoms with Gasteiger partial charge in [-0.1, -0.05) is 60.7 Å². The monoisotopic (exact) mass is 445 g/mol. The maximum Gasteiger partial charge on any atom is 0.147 e. The number of hydrogen-bond donors (Lipinski definition) is 0. The number of benzene rings is 4. The lowest BCUT2D eigenvalue weighted by Crippen LogP contribution is -1.99. The van der Waals surface area contributed by atoms with Crippen molar-refractivity contribution >= 4 is 38.4 Å². The minimum absolute atomic E-state index is 0.958. The second-order valence-electron chi connectivity index (χ2n) is 9.78. The molecule has 0 fully saturated rings. The van der Waals surface area contributed by atoms with E-state index in [-0.39, 0.29) is 0 Å². The van der Waals surface area contributed by atoms with Crippen molar-refractivity contribution in [2.24, 2.45) is 0 Å². The van der Waals surface area contributed by atoms with Gasteiger partial charge in [0.1, 0.15) is 5.65 Å². The van der Waals surface area contributed by atoms with Crippen LogP contribution in [0.5, 0.6) is 0 Å². The lowest BCUT2D eigenvalue weighted by molar-refractivity contribution is 1.24.